The first kappa shape index (κ1) is 13.4. The first-order chi connectivity index (χ1) is 6.87. The van der Waals surface area contributed by atoms with E-state index >= 15 is 0 Å². The van der Waals surface area contributed by atoms with Crippen LogP contribution in [0, 0.1) is 5.92 Å². The van der Waals surface area contributed by atoms with Crippen molar-refractivity contribution in [1.82, 2.24) is 0 Å². The lowest BCUT2D eigenvalue weighted by Gasteiger charge is -2.38. The van der Waals surface area contributed by atoms with Gasteiger partial charge in [0.2, 0.25) is 0 Å². The largest absolute Gasteiger partial charge is 0.368 e. The monoisotopic (exact) mass is 284 g/mol. The van der Waals surface area contributed by atoms with Crippen LogP contribution in [-0.2, 0) is 4.74 Å². The van der Waals surface area contributed by atoms with Crippen LogP contribution in [0.25, 0.3) is 0 Å². The number of hydrogen-bond donors (Lipinski definition) is 0. The Hall–Kier alpha value is 0.300. The van der Waals surface area contributed by atoms with E-state index < -0.39 is 12.5 Å². The molecule has 0 aromatic carbocycles. The second-order valence-corrected chi connectivity index (χ2v) is 5.42. The molecule has 0 aromatic heterocycles. The van der Waals surface area contributed by atoms with Crippen LogP contribution in [0.1, 0.15) is 39.5 Å². The van der Waals surface area contributed by atoms with Gasteiger partial charge in [-0.3, -0.25) is 0 Å². The summed E-state index contributed by atoms with van der Waals surface area (Å²) in [5.74, 6) is -2.03. The zero-order valence-electron chi connectivity index (χ0n) is 9.36. The zero-order chi connectivity index (χ0) is 11.5. The Balaban J connectivity index is 2.47. The van der Waals surface area contributed by atoms with Crippen molar-refractivity contribution in [1.29, 1.82) is 0 Å². The molecule has 1 rings (SSSR count). The number of rotatable bonds is 4. The van der Waals surface area contributed by atoms with Crippen LogP contribution in [0.15, 0.2) is 0 Å². The molecule has 1 fully saturated rings. The van der Waals surface area contributed by atoms with Crippen LogP contribution < -0.4 is 0 Å². The highest BCUT2D eigenvalue weighted by atomic mass is 79.9. The maximum absolute atomic E-state index is 12.7. The summed E-state index contributed by atoms with van der Waals surface area (Å²) in [6.45, 7) is 2.64. The van der Waals surface area contributed by atoms with E-state index in [1.807, 2.05) is 0 Å². The summed E-state index contributed by atoms with van der Waals surface area (Å²) in [5, 5.41) is 0.656. The van der Waals surface area contributed by atoms with Crippen molar-refractivity contribution in [3.8, 4) is 0 Å². The Morgan fingerprint density at radius 2 is 1.93 bits per heavy atom. The third-order valence-electron chi connectivity index (χ3n) is 3.06. The minimum atomic E-state index is -2.72. The lowest BCUT2D eigenvalue weighted by Crippen LogP contribution is -2.41. The predicted octanol–water partition coefficient (Wildman–Crippen LogP) is 4.00. The summed E-state index contributed by atoms with van der Waals surface area (Å²) < 4.78 is 30.9. The Labute approximate surface area is 98.7 Å². The van der Waals surface area contributed by atoms with Crippen molar-refractivity contribution in [2.75, 3.05) is 11.9 Å². The molecule has 0 unspecified atom stereocenters. The standard InChI is InChI=1S/C11H19BrF2O/c1-9-3-5-11(7-12,6-4-9)15-8-10(2,13)14/h9H,3-8H2,1-2H3. The molecule has 1 nitrogen and oxygen atoms in total. The fourth-order valence-electron chi connectivity index (χ4n) is 1.88. The van der Waals surface area contributed by atoms with E-state index in [1.54, 1.807) is 0 Å². The van der Waals surface area contributed by atoms with Gasteiger partial charge in [0, 0.05) is 12.3 Å². The van der Waals surface area contributed by atoms with Crippen molar-refractivity contribution >= 4 is 15.9 Å². The topological polar surface area (TPSA) is 9.23 Å². The van der Waals surface area contributed by atoms with E-state index in [1.165, 1.54) is 0 Å². The molecule has 0 spiro atoms. The van der Waals surface area contributed by atoms with Gasteiger partial charge in [-0.15, -0.1) is 0 Å². The summed E-state index contributed by atoms with van der Waals surface area (Å²) in [7, 11) is 0. The molecular weight excluding hydrogens is 266 g/mol. The third kappa shape index (κ3) is 4.35. The first-order valence-electron chi connectivity index (χ1n) is 5.45. The normalized spacial score (nSPS) is 33.0. The molecule has 0 aromatic rings. The molecule has 0 saturated heterocycles. The fraction of sp³-hybridized carbons (Fsp3) is 1.00. The van der Waals surface area contributed by atoms with Crippen molar-refractivity contribution in [2.45, 2.75) is 51.1 Å². The highest BCUT2D eigenvalue weighted by Gasteiger charge is 2.36. The van der Waals surface area contributed by atoms with Crippen LogP contribution in [0.4, 0.5) is 8.78 Å². The van der Waals surface area contributed by atoms with E-state index in [9.17, 15) is 8.78 Å². The van der Waals surface area contributed by atoms with Crippen LogP contribution in [0.2, 0.25) is 0 Å². The Kier molecular flexibility index (Phi) is 4.53. The van der Waals surface area contributed by atoms with Crippen molar-refractivity contribution in [3.63, 3.8) is 0 Å². The SMILES string of the molecule is CC1CCC(CBr)(OCC(C)(F)F)CC1. The molecule has 15 heavy (non-hydrogen) atoms. The van der Waals surface area contributed by atoms with Gasteiger partial charge >= 0.3 is 0 Å². The van der Waals surface area contributed by atoms with Gasteiger partial charge in [-0.25, -0.2) is 8.78 Å². The average Bonchev–Trinajstić information content (AvgIpc) is 2.17. The zero-order valence-corrected chi connectivity index (χ0v) is 10.9. The maximum Gasteiger partial charge on any atom is 0.268 e. The fourth-order valence-corrected chi connectivity index (χ4v) is 2.61. The van der Waals surface area contributed by atoms with Crippen molar-refractivity contribution in [2.24, 2.45) is 5.92 Å². The summed E-state index contributed by atoms with van der Waals surface area (Å²) in [5.41, 5.74) is -0.355. The van der Waals surface area contributed by atoms with Crippen LogP contribution >= 0.6 is 15.9 Å². The molecule has 1 saturated carbocycles. The Morgan fingerprint density at radius 1 is 1.40 bits per heavy atom. The molecule has 0 N–H and O–H groups in total. The van der Waals surface area contributed by atoms with Gasteiger partial charge in [0.1, 0.15) is 6.61 Å². The average molecular weight is 285 g/mol. The molecule has 1 aliphatic rings. The molecular formula is C11H19BrF2O. The number of alkyl halides is 3. The van der Waals surface area contributed by atoms with E-state index in [0.717, 1.165) is 32.6 Å². The van der Waals surface area contributed by atoms with Gasteiger partial charge in [0.05, 0.1) is 5.60 Å². The second-order valence-electron chi connectivity index (χ2n) is 4.86. The van der Waals surface area contributed by atoms with E-state index in [-0.39, 0.29) is 5.60 Å². The molecule has 1 aliphatic carbocycles. The Morgan fingerprint density at radius 3 is 2.33 bits per heavy atom. The number of hydrogen-bond acceptors (Lipinski definition) is 1. The molecule has 0 amide bonds. The van der Waals surface area contributed by atoms with E-state index in [4.69, 9.17) is 4.74 Å². The van der Waals surface area contributed by atoms with Gasteiger partial charge in [0.15, 0.2) is 0 Å². The summed E-state index contributed by atoms with van der Waals surface area (Å²) in [6, 6.07) is 0. The summed E-state index contributed by atoms with van der Waals surface area (Å²) >= 11 is 3.39. The number of halogens is 3. The molecule has 90 valence electrons. The lowest BCUT2D eigenvalue weighted by molar-refractivity contribution is -0.135. The van der Waals surface area contributed by atoms with Gasteiger partial charge in [0.25, 0.3) is 5.92 Å². The van der Waals surface area contributed by atoms with Crippen molar-refractivity contribution < 1.29 is 13.5 Å². The van der Waals surface area contributed by atoms with Crippen LogP contribution in [-0.4, -0.2) is 23.5 Å². The van der Waals surface area contributed by atoms with E-state index in [2.05, 4.69) is 22.9 Å². The summed E-state index contributed by atoms with van der Waals surface area (Å²) in [4.78, 5) is 0. The second kappa shape index (κ2) is 5.09. The molecule has 4 heteroatoms. The smallest absolute Gasteiger partial charge is 0.268 e. The quantitative estimate of drug-likeness (QED) is 0.709. The number of ether oxygens (including phenoxy) is 1. The van der Waals surface area contributed by atoms with Crippen LogP contribution in [0.3, 0.4) is 0 Å². The van der Waals surface area contributed by atoms with Crippen molar-refractivity contribution in [3.05, 3.63) is 0 Å². The highest BCUT2D eigenvalue weighted by molar-refractivity contribution is 9.09. The maximum atomic E-state index is 12.7. The molecule has 0 aliphatic heterocycles. The van der Waals surface area contributed by atoms with Crippen LogP contribution in [0.5, 0.6) is 0 Å². The lowest BCUT2D eigenvalue weighted by atomic mass is 9.80. The molecule has 0 heterocycles. The molecule has 0 atom stereocenters. The minimum Gasteiger partial charge on any atom is -0.368 e. The third-order valence-corrected chi connectivity index (χ3v) is 4.08. The van der Waals surface area contributed by atoms with Gasteiger partial charge in [-0.1, -0.05) is 22.9 Å². The predicted molar refractivity (Wildman–Crippen MR) is 60.7 cm³/mol. The van der Waals surface area contributed by atoms with E-state index in [0.29, 0.717) is 11.2 Å². The minimum absolute atomic E-state index is 0.355. The van der Waals surface area contributed by atoms with Gasteiger partial charge < -0.3 is 4.74 Å². The first-order valence-corrected chi connectivity index (χ1v) is 6.57. The molecule has 0 radical (unpaired) electrons. The Bertz CT molecular complexity index is 195. The van der Waals surface area contributed by atoms with Gasteiger partial charge in [-0.2, -0.15) is 0 Å². The highest BCUT2D eigenvalue weighted by Crippen LogP contribution is 2.36. The molecule has 0 bridgehead atoms. The van der Waals surface area contributed by atoms with Gasteiger partial charge in [-0.05, 0) is 31.6 Å². The summed E-state index contributed by atoms with van der Waals surface area (Å²) in [6.07, 6.45) is 3.91.